The summed E-state index contributed by atoms with van der Waals surface area (Å²) >= 11 is 1.12. The lowest BCUT2D eigenvalue weighted by Gasteiger charge is -1.97. The van der Waals surface area contributed by atoms with E-state index in [9.17, 15) is 14.4 Å². The van der Waals surface area contributed by atoms with E-state index in [1.54, 1.807) is 6.07 Å². The third-order valence-corrected chi connectivity index (χ3v) is 3.61. The molecule has 0 aliphatic rings. The Hall–Kier alpha value is -2.50. The number of nitrogens with zero attached hydrogens (tertiary/aromatic N) is 1. The second kappa shape index (κ2) is 5.01. The van der Waals surface area contributed by atoms with E-state index in [1.807, 2.05) is 0 Å². The van der Waals surface area contributed by atoms with Gasteiger partial charge in [0.1, 0.15) is 10.6 Å². The summed E-state index contributed by atoms with van der Waals surface area (Å²) in [5.74, 6) is -1.20. The summed E-state index contributed by atoms with van der Waals surface area (Å²) in [7, 11) is 1.23. The Kier molecular flexibility index (Phi) is 3.41. The topological polar surface area (TPSA) is 98.8 Å². The molecule has 1 amide bonds. The van der Waals surface area contributed by atoms with Crippen LogP contribution in [0.5, 0.6) is 0 Å². The van der Waals surface area contributed by atoms with E-state index < -0.39 is 11.9 Å². The van der Waals surface area contributed by atoms with Gasteiger partial charge in [0.15, 0.2) is 0 Å². The van der Waals surface area contributed by atoms with Crippen molar-refractivity contribution in [2.45, 2.75) is 0 Å². The largest absolute Gasteiger partial charge is 0.465 e. The summed E-state index contributed by atoms with van der Waals surface area (Å²) in [5, 5.41) is 0.491. The van der Waals surface area contributed by atoms with Gasteiger partial charge in [-0.15, -0.1) is 11.3 Å². The molecule has 0 saturated heterocycles. The minimum Gasteiger partial charge on any atom is -0.465 e. The predicted molar refractivity (Wildman–Crippen MR) is 69.5 cm³/mol. The molecule has 2 aromatic rings. The minimum atomic E-state index is -0.603. The molecule has 0 atom stereocenters. The number of nitrogens with two attached hydrogens (primary N) is 1. The van der Waals surface area contributed by atoms with Gasteiger partial charge in [0.05, 0.1) is 7.11 Å². The monoisotopic (exact) mass is 276 g/mol. The number of esters is 1. The number of carbonyl (C=O) groups is 2. The third kappa shape index (κ3) is 2.24. The first-order valence-electron chi connectivity index (χ1n) is 5.11. The summed E-state index contributed by atoms with van der Waals surface area (Å²) in [5.41, 5.74) is 5.60. The van der Waals surface area contributed by atoms with Crippen LogP contribution in [0.15, 0.2) is 23.2 Å². The van der Waals surface area contributed by atoms with E-state index in [1.165, 1.54) is 25.3 Å². The number of hydrogen-bond donors (Lipinski definition) is 1. The Balaban J connectivity index is 2.78. The van der Waals surface area contributed by atoms with Gasteiger partial charge in [-0.2, -0.15) is 4.99 Å². The molecule has 19 heavy (non-hydrogen) atoms. The molecule has 0 aliphatic heterocycles. The third-order valence-electron chi connectivity index (χ3n) is 2.47. The standard InChI is InChI=1S/C12H8N2O4S/c1-18-12(17)10-9(14-5-15)7-4-6(11(13)16)2-3-8(7)19-10/h2-4H,1H3,(H2,13,16). The lowest BCUT2D eigenvalue weighted by atomic mass is 10.1. The second-order valence-electron chi connectivity index (χ2n) is 3.55. The highest BCUT2D eigenvalue weighted by atomic mass is 32.1. The molecule has 1 aromatic carbocycles. The van der Waals surface area contributed by atoms with Crippen LogP contribution in [0.25, 0.3) is 10.1 Å². The first-order chi connectivity index (χ1) is 9.08. The van der Waals surface area contributed by atoms with Crippen LogP contribution in [0.2, 0.25) is 0 Å². The summed E-state index contributed by atoms with van der Waals surface area (Å²) in [4.78, 5) is 36.9. The maximum atomic E-state index is 11.6. The number of amides is 1. The van der Waals surface area contributed by atoms with Gasteiger partial charge < -0.3 is 10.5 Å². The zero-order chi connectivity index (χ0) is 14.0. The van der Waals surface area contributed by atoms with Crippen LogP contribution in [0.3, 0.4) is 0 Å². The van der Waals surface area contributed by atoms with Crippen molar-refractivity contribution in [2.75, 3.05) is 7.11 Å². The Morgan fingerprint density at radius 1 is 1.42 bits per heavy atom. The number of isocyanates is 1. The zero-order valence-corrected chi connectivity index (χ0v) is 10.6. The van der Waals surface area contributed by atoms with Gasteiger partial charge in [-0.3, -0.25) is 4.79 Å². The highest BCUT2D eigenvalue weighted by molar-refractivity contribution is 7.21. The lowest BCUT2D eigenvalue weighted by molar-refractivity contribution is 0.0607. The van der Waals surface area contributed by atoms with E-state index in [4.69, 9.17) is 5.73 Å². The molecule has 0 saturated carbocycles. The normalized spacial score (nSPS) is 9.95. The Bertz CT molecular complexity index is 729. The predicted octanol–water partition coefficient (Wildman–Crippen LogP) is 1.75. The van der Waals surface area contributed by atoms with E-state index >= 15 is 0 Å². The number of thiophene rings is 1. The highest BCUT2D eigenvalue weighted by Crippen LogP contribution is 2.38. The van der Waals surface area contributed by atoms with Crippen molar-refractivity contribution in [1.82, 2.24) is 0 Å². The Labute approximate surface area is 111 Å². The van der Waals surface area contributed by atoms with Crippen molar-refractivity contribution in [2.24, 2.45) is 10.7 Å². The summed E-state index contributed by atoms with van der Waals surface area (Å²) in [6.07, 6.45) is 1.39. The van der Waals surface area contributed by atoms with Gasteiger partial charge in [-0.25, -0.2) is 9.59 Å². The summed E-state index contributed by atoms with van der Waals surface area (Å²) in [6.45, 7) is 0. The van der Waals surface area contributed by atoms with Crippen LogP contribution in [0, 0.1) is 0 Å². The molecule has 7 heteroatoms. The number of rotatable bonds is 3. The molecule has 1 aromatic heterocycles. The molecule has 2 N–H and O–H groups in total. The number of hydrogen-bond acceptors (Lipinski definition) is 6. The first-order valence-corrected chi connectivity index (χ1v) is 5.92. The number of carbonyl (C=O) groups excluding carboxylic acids is 3. The van der Waals surface area contributed by atoms with E-state index in [0.29, 0.717) is 10.1 Å². The van der Waals surface area contributed by atoms with Gasteiger partial charge in [0, 0.05) is 15.6 Å². The highest BCUT2D eigenvalue weighted by Gasteiger charge is 2.19. The number of aliphatic imine (C=N–C) groups is 1. The van der Waals surface area contributed by atoms with Crippen molar-refractivity contribution >= 4 is 45.1 Å². The average molecular weight is 276 g/mol. The van der Waals surface area contributed by atoms with Crippen LogP contribution in [0.1, 0.15) is 20.0 Å². The van der Waals surface area contributed by atoms with Gasteiger partial charge in [0.2, 0.25) is 12.0 Å². The fourth-order valence-electron chi connectivity index (χ4n) is 1.63. The SMILES string of the molecule is COC(=O)c1sc2ccc(C(N)=O)cc2c1N=C=O. The molecule has 2 rings (SSSR count). The molecule has 1 heterocycles. The van der Waals surface area contributed by atoms with Crippen LogP contribution in [-0.4, -0.2) is 25.1 Å². The fraction of sp³-hybridized carbons (Fsp3) is 0.0833. The lowest BCUT2D eigenvalue weighted by Crippen LogP contribution is -2.10. The summed E-state index contributed by atoms with van der Waals surface area (Å²) < 4.78 is 5.31. The van der Waals surface area contributed by atoms with Gasteiger partial charge in [-0.05, 0) is 18.2 Å². The van der Waals surface area contributed by atoms with Crippen LogP contribution < -0.4 is 5.73 Å². The number of primary amides is 1. The quantitative estimate of drug-likeness (QED) is 0.524. The smallest absolute Gasteiger partial charge is 0.350 e. The van der Waals surface area contributed by atoms with Crippen molar-refractivity contribution < 1.29 is 19.1 Å². The zero-order valence-electron chi connectivity index (χ0n) is 9.80. The molecule has 0 bridgehead atoms. The summed E-state index contributed by atoms with van der Waals surface area (Å²) in [6, 6.07) is 4.66. The molecule has 0 spiro atoms. The number of benzene rings is 1. The van der Waals surface area contributed by atoms with Crippen molar-refractivity contribution in [3.05, 3.63) is 28.6 Å². The molecule has 0 unspecified atom stereocenters. The fourth-order valence-corrected chi connectivity index (χ4v) is 2.67. The average Bonchev–Trinajstić information content (AvgIpc) is 2.76. The first kappa shape index (κ1) is 12.9. The van der Waals surface area contributed by atoms with Crippen molar-refractivity contribution in [3.63, 3.8) is 0 Å². The molecule has 96 valence electrons. The van der Waals surface area contributed by atoms with Crippen molar-refractivity contribution in [1.29, 1.82) is 0 Å². The van der Waals surface area contributed by atoms with Crippen LogP contribution in [0.4, 0.5) is 5.69 Å². The molecule has 0 fully saturated rings. The number of ether oxygens (including phenoxy) is 1. The Morgan fingerprint density at radius 3 is 2.74 bits per heavy atom. The van der Waals surface area contributed by atoms with Crippen molar-refractivity contribution in [3.8, 4) is 0 Å². The van der Waals surface area contributed by atoms with E-state index in [-0.39, 0.29) is 16.1 Å². The van der Waals surface area contributed by atoms with Crippen LogP contribution >= 0.6 is 11.3 Å². The molecular weight excluding hydrogens is 268 g/mol. The maximum absolute atomic E-state index is 11.6. The van der Waals surface area contributed by atoms with Gasteiger partial charge >= 0.3 is 5.97 Å². The van der Waals surface area contributed by atoms with Crippen LogP contribution in [-0.2, 0) is 9.53 Å². The number of methoxy groups -OCH3 is 1. The number of fused-ring (bicyclic) bond motifs is 1. The van der Waals surface area contributed by atoms with E-state index in [0.717, 1.165) is 11.3 Å². The molecular formula is C12H8N2O4S. The molecule has 0 aliphatic carbocycles. The van der Waals surface area contributed by atoms with E-state index in [2.05, 4.69) is 9.73 Å². The molecule has 6 nitrogen and oxygen atoms in total. The Morgan fingerprint density at radius 2 is 2.16 bits per heavy atom. The maximum Gasteiger partial charge on any atom is 0.350 e. The second-order valence-corrected chi connectivity index (χ2v) is 4.60. The van der Waals surface area contributed by atoms with Gasteiger partial charge in [-0.1, -0.05) is 0 Å². The minimum absolute atomic E-state index is 0.143. The molecule has 0 radical (unpaired) electrons. The van der Waals surface area contributed by atoms with Gasteiger partial charge in [0.25, 0.3) is 0 Å².